The second-order valence-corrected chi connectivity index (χ2v) is 10.5. The molecule has 3 fully saturated rings. The van der Waals surface area contributed by atoms with E-state index in [2.05, 4.69) is 16.9 Å². The van der Waals surface area contributed by atoms with Crippen molar-refractivity contribution in [3.63, 3.8) is 0 Å². The second-order valence-electron chi connectivity index (χ2n) is 10.5. The van der Waals surface area contributed by atoms with Gasteiger partial charge >= 0.3 is 6.03 Å². The highest BCUT2D eigenvalue weighted by molar-refractivity contribution is 5.93. The van der Waals surface area contributed by atoms with E-state index >= 15 is 0 Å². The van der Waals surface area contributed by atoms with Crippen molar-refractivity contribution in [2.45, 2.75) is 52.4 Å². The largest absolute Gasteiger partial charge is 0.493 e. The molecular formula is C27H40F2N4O3. The number of benzene rings is 1. The molecule has 0 spiro atoms. The first-order chi connectivity index (χ1) is 17.2. The maximum atomic E-state index is 13.9. The highest BCUT2D eigenvalue weighted by atomic mass is 19.1. The zero-order valence-corrected chi connectivity index (χ0v) is 21.7. The monoisotopic (exact) mass is 506 g/mol. The van der Waals surface area contributed by atoms with Crippen LogP contribution in [0.1, 0.15) is 51.5 Å². The van der Waals surface area contributed by atoms with Crippen LogP contribution in [-0.4, -0.2) is 67.8 Å². The lowest BCUT2D eigenvalue weighted by Crippen LogP contribution is -2.38. The number of hydrogen-bond donors (Lipinski definition) is 1. The molecule has 36 heavy (non-hydrogen) atoms. The molecule has 3 aliphatic rings. The molecule has 1 saturated carbocycles. The van der Waals surface area contributed by atoms with E-state index in [4.69, 9.17) is 10.5 Å². The lowest BCUT2D eigenvalue weighted by molar-refractivity contribution is -0.107. The molecule has 1 aliphatic carbocycles. The van der Waals surface area contributed by atoms with Crippen molar-refractivity contribution in [3.05, 3.63) is 29.3 Å². The fraction of sp³-hybridized carbons (Fsp3) is 0.667. The highest BCUT2D eigenvalue weighted by Crippen LogP contribution is 2.49. The number of likely N-dealkylation sites (tertiary alicyclic amines) is 2. The molecule has 0 bridgehead atoms. The van der Waals surface area contributed by atoms with E-state index in [0.29, 0.717) is 49.6 Å². The Bertz CT molecular complexity index is 905. The Morgan fingerprint density at radius 1 is 1.19 bits per heavy atom. The Balaban J connectivity index is 0.000000642. The van der Waals surface area contributed by atoms with Crippen molar-refractivity contribution in [1.82, 2.24) is 9.80 Å². The number of aldehydes is 1. The van der Waals surface area contributed by atoms with Gasteiger partial charge in [0.05, 0.1) is 6.61 Å². The Morgan fingerprint density at radius 3 is 2.31 bits per heavy atom. The van der Waals surface area contributed by atoms with Gasteiger partial charge < -0.3 is 25.1 Å². The van der Waals surface area contributed by atoms with Gasteiger partial charge in [-0.3, -0.25) is 0 Å². The minimum Gasteiger partial charge on any atom is -0.493 e. The molecule has 2 amide bonds. The maximum absolute atomic E-state index is 13.9. The van der Waals surface area contributed by atoms with Gasteiger partial charge in [-0.25, -0.2) is 13.6 Å². The molecule has 1 aromatic rings. The van der Waals surface area contributed by atoms with E-state index in [0.717, 1.165) is 37.8 Å². The molecule has 2 saturated heterocycles. The minimum atomic E-state index is -0.757. The SMILES string of the molecule is CC(C)/C(N)=N/C(=O)N1CCC(C2CC2CCOc2cc(F)c(CC=O)c(F)c2)CC1.CN1CCC1. The third-order valence-electron chi connectivity index (χ3n) is 7.45. The lowest BCUT2D eigenvalue weighted by atomic mass is 9.90. The van der Waals surface area contributed by atoms with E-state index in [1.54, 1.807) is 4.90 Å². The summed E-state index contributed by atoms with van der Waals surface area (Å²) in [6.45, 7) is 8.25. The zero-order chi connectivity index (χ0) is 26.2. The molecular weight excluding hydrogens is 466 g/mol. The van der Waals surface area contributed by atoms with Crippen LogP contribution in [0.5, 0.6) is 5.75 Å². The third-order valence-corrected chi connectivity index (χ3v) is 7.45. The molecule has 0 radical (unpaired) electrons. The van der Waals surface area contributed by atoms with Crippen molar-refractivity contribution in [2.75, 3.05) is 39.8 Å². The lowest BCUT2D eigenvalue weighted by Gasteiger charge is -2.31. The highest BCUT2D eigenvalue weighted by Gasteiger charge is 2.43. The molecule has 4 rings (SSSR count). The quantitative estimate of drug-likeness (QED) is 0.323. The van der Waals surface area contributed by atoms with E-state index < -0.39 is 11.6 Å². The van der Waals surface area contributed by atoms with Crippen LogP contribution in [-0.2, 0) is 11.2 Å². The standard InChI is InChI=1S/C23H31F2N3O3.C4H9N/c1-14(2)22(26)27-23(30)28-7-3-15(4-8-28)19-11-16(19)6-10-31-17-12-20(24)18(5-9-29)21(25)13-17;1-5-3-2-4-5/h9,12-16,19H,3-8,10-11H2,1-2H3,(H2,26,27,30);2-4H2,1H3. The predicted molar refractivity (Wildman–Crippen MR) is 136 cm³/mol. The van der Waals surface area contributed by atoms with Gasteiger partial charge in [0.15, 0.2) is 0 Å². The fourth-order valence-electron chi connectivity index (χ4n) is 4.75. The molecule has 2 heterocycles. The topological polar surface area (TPSA) is 88.2 Å². The number of rotatable bonds is 8. The Kier molecular flexibility index (Phi) is 10.2. The van der Waals surface area contributed by atoms with Crippen LogP contribution >= 0.6 is 0 Å². The number of urea groups is 1. The van der Waals surface area contributed by atoms with Crippen LogP contribution in [0, 0.1) is 35.3 Å². The summed E-state index contributed by atoms with van der Waals surface area (Å²) < 4.78 is 33.3. The van der Waals surface area contributed by atoms with Crippen LogP contribution in [0.3, 0.4) is 0 Å². The number of carbonyl (C=O) groups is 2. The summed E-state index contributed by atoms with van der Waals surface area (Å²) in [6, 6.07) is 2.02. The first-order valence-corrected chi connectivity index (χ1v) is 13.0. The average Bonchev–Trinajstić information content (AvgIpc) is 3.60. The molecule has 0 aromatic heterocycles. The van der Waals surface area contributed by atoms with Crippen LogP contribution in [0.4, 0.5) is 13.6 Å². The zero-order valence-electron chi connectivity index (χ0n) is 21.7. The predicted octanol–water partition coefficient (Wildman–Crippen LogP) is 4.28. The first-order valence-electron chi connectivity index (χ1n) is 13.0. The minimum absolute atomic E-state index is 0.0539. The average molecular weight is 507 g/mol. The summed E-state index contributed by atoms with van der Waals surface area (Å²) in [5.41, 5.74) is 5.56. The molecule has 2 aliphatic heterocycles. The Labute approximate surface area is 213 Å². The summed E-state index contributed by atoms with van der Waals surface area (Å²) in [5, 5.41) is 0. The van der Waals surface area contributed by atoms with E-state index in [9.17, 15) is 18.4 Å². The van der Waals surface area contributed by atoms with Gasteiger partial charge in [-0.15, -0.1) is 0 Å². The molecule has 200 valence electrons. The van der Waals surface area contributed by atoms with Crippen molar-refractivity contribution in [2.24, 2.45) is 34.4 Å². The number of nitrogens with zero attached hydrogens (tertiary/aromatic N) is 3. The molecule has 1 aromatic carbocycles. The van der Waals surface area contributed by atoms with E-state index in [1.807, 2.05) is 13.8 Å². The third kappa shape index (κ3) is 7.98. The maximum Gasteiger partial charge on any atom is 0.345 e. The molecule has 2 unspecified atom stereocenters. The van der Waals surface area contributed by atoms with Crippen molar-refractivity contribution < 1.29 is 23.1 Å². The number of carbonyl (C=O) groups excluding carboxylic acids is 2. The van der Waals surface area contributed by atoms with Crippen molar-refractivity contribution >= 4 is 18.2 Å². The second kappa shape index (κ2) is 13.1. The van der Waals surface area contributed by atoms with Gasteiger partial charge in [0.25, 0.3) is 0 Å². The van der Waals surface area contributed by atoms with Gasteiger partial charge in [0.2, 0.25) is 0 Å². The van der Waals surface area contributed by atoms with Crippen LogP contribution in [0.2, 0.25) is 0 Å². The number of hydrogen-bond acceptors (Lipinski definition) is 4. The van der Waals surface area contributed by atoms with Gasteiger partial charge in [-0.1, -0.05) is 13.8 Å². The summed E-state index contributed by atoms with van der Waals surface area (Å²) in [6.07, 6.45) is 5.47. The first kappa shape index (κ1) is 28.0. The number of halogens is 2. The fourth-order valence-corrected chi connectivity index (χ4v) is 4.75. The smallest absolute Gasteiger partial charge is 0.345 e. The summed E-state index contributed by atoms with van der Waals surface area (Å²) >= 11 is 0. The normalized spacial score (nSPS) is 22.5. The van der Waals surface area contributed by atoms with Crippen LogP contribution < -0.4 is 10.5 Å². The van der Waals surface area contributed by atoms with Crippen LogP contribution in [0.25, 0.3) is 0 Å². The summed E-state index contributed by atoms with van der Waals surface area (Å²) in [4.78, 5) is 30.8. The van der Waals surface area contributed by atoms with Gasteiger partial charge in [-0.05, 0) is 70.0 Å². The molecule has 2 N–H and O–H groups in total. The number of ether oxygens (including phenoxy) is 1. The molecule has 2 atom stereocenters. The van der Waals surface area contributed by atoms with E-state index in [1.165, 1.54) is 19.5 Å². The van der Waals surface area contributed by atoms with Crippen LogP contribution in [0.15, 0.2) is 17.1 Å². The van der Waals surface area contributed by atoms with Gasteiger partial charge in [0.1, 0.15) is 29.5 Å². The van der Waals surface area contributed by atoms with Gasteiger partial charge in [-0.2, -0.15) is 4.99 Å². The van der Waals surface area contributed by atoms with E-state index in [-0.39, 0.29) is 29.7 Å². The Hall–Kier alpha value is -2.55. The molecule has 7 nitrogen and oxygen atoms in total. The number of amides is 2. The number of amidine groups is 1. The van der Waals surface area contributed by atoms with Crippen molar-refractivity contribution in [1.29, 1.82) is 0 Å². The summed E-state index contributed by atoms with van der Waals surface area (Å²) in [5.74, 6) is 0.803. The number of piperidine rings is 1. The number of nitrogens with two attached hydrogens (primary N) is 1. The number of aliphatic imine (C=N–C) groups is 1. The summed E-state index contributed by atoms with van der Waals surface area (Å²) in [7, 11) is 2.14. The Morgan fingerprint density at radius 2 is 1.81 bits per heavy atom. The van der Waals surface area contributed by atoms with Crippen molar-refractivity contribution in [3.8, 4) is 5.75 Å². The van der Waals surface area contributed by atoms with Gasteiger partial charge in [0, 0.05) is 43.1 Å². The molecule has 9 heteroatoms.